The number of nitrogens with one attached hydrogen (secondary N) is 1. The zero-order valence-electron chi connectivity index (χ0n) is 15.5. The van der Waals surface area contributed by atoms with Crippen LogP contribution in [0.3, 0.4) is 0 Å². The van der Waals surface area contributed by atoms with Gasteiger partial charge in [-0.2, -0.15) is 0 Å². The van der Waals surface area contributed by atoms with E-state index in [-0.39, 0.29) is 17.7 Å². The number of hydrogen-bond acceptors (Lipinski definition) is 4. The van der Waals surface area contributed by atoms with Crippen LogP contribution in [0.25, 0.3) is 6.08 Å². The first kappa shape index (κ1) is 19.9. The van der Waals surface area contributed by atoms with Crippen LogP contribution in [0.1, 0.15) is 45.1 Å². The van der Waals surface area contributed by atoms with Gasteiger partial charge in [0.15, 0.2) is 17.7 Å². The molecule has 26 heavy (non-hydrogen) atoms. The summed E-state index contributed by atoms with van der Waals surface area (Å²) in [6.45, 7) is 3.67. The minimum atomic E-state index is -0.881. The highest BCUT2D eigenvalue weighted by Gasteiger charge is 2.25. The average Bonchev–Trinajstić information content (AvgIpc) is 2.62. The van der Waals surface area contributed by atoms with E-state index in [1.165, 1.54) is 37.8 Å². The van der Waals surface area contributed by atoms with Crippen molar-refractivity contribution in [2.45, 2.75) is 51.7 Å². The first-order valence-corrected chi connectivity index (χ1v) is 8.93. The lowest BCUT2D eigenvalue weighted by atomic mass is 9.86. The van der Waals surface area contributed by atoms with E-state index in [2.05, 4.69) is 12.2 Å². The van der Waals surface area contributed by atoms with Gasteiger partial charge in [0.25, 0.3) is 5.91 Å². The Bertz CT molecular complexity index is 674. The fraction of sp³-hybridized carbons (Fsp3) is 0.500. The highest BCUT2D eigenvalue weighted by atomic mass is 19.1. The Balaban J connectivity index is 1.85. The van der Waals surface area contributed by atoms with Gasteiger partial charge in [0, 0.05) is 12.1 Å². The zero-order valence-corrected chi connectivity index (χ0v) is 15.5. The molecular formula is C20H26FNO4. The quantitative estimate of drug-likeness (QED) is 0.621. The summed E-state index contributed by atoms with van der Waals surface area (Å²) in [4.78, 5) is 24.1. The molecule has 1 aliphatic carbocycles. The highest BCUT2D eigenvalue weighted by Crippen LogP contribution is 2.23. The molecule has 2 rings (SSSR count). The molecule has 0 bridgehead atoms. The summed E-state index contributed by atoms with van der Waals surface area (Å²) in [6, 6.07) is 4.48. The van der Waals surface area contributed by atoms with E-state index in [4.69, 9.17) is 9.47 Å². The molecule has 1 fully saturated rings. The lowest BCUT2D eigenvalue weighted by Gasteiger charge is -2.30. The van der Waals surface area contributed by atoms with E-state index in [0.29, 0.717) is 11.5 Å². The van der Waals surface area contributed by atoms with Gasteiger partial charge in [-0.25, -0.2) is 9.18 Å². The summed E-state index contributed by atoms with van der Waals surface area (Å²) in [6.07, 6.45) is 6.07. The Morgan fingerprint density at radius 3 is 2.69 bits per heavy atom. The maximum Gasteiger partial charge on any atom is 0.331 e. The Morgan fingerprint density at radius 2 is 2.04 bits per heavy atom. The van der Waals surface area contributed by atoms with E-state index in [1.54, 1.807) is 13.0 Å². The number of benzene rings is 1. The van der Waals surface area contributed by atoms with Gasteiger partial charge in [-0.15, -0.1) is 0 Å². The van der Waals surface area contributed by atoms with Gasteiger partial charge < -0.3 is 14.8 Å². The van der Waals surface area contributed by atoms with E-state index < -0.39 is 17.9 Å². The summed E-state index contributed by atoms with van der Waals surface area (Å²) in [5.41, 5.74) is 0.494. The first-order valence-electron chi connectivity index (χ1n) is 8.93. The molecule has 0 heterocycles. The van der Waals surface area contributed by atoms with Crippen molar-refractivity contribution in [3.8, 4) is 5.75 Å². The van der Waals surface area contributed by atoms with Crippen molar-refractivity contribution in [3.63, 3.8) is 0 Å². The molecule has 6 heteroatoms. The molecule has 142 valence electrons. The molecule has 1 amide bonds. The Morgan fingerprint density at radius 1 is 1.31 bits per heavy atom. The van der Waals surface area contributed by atoms with Crippen molar-refractivity contribution in [1.29, 1.82) is 0 Å². The number of amides is 1. The minimum Gasteiger partial charge on any atom is -0.494 e. The van der Waals surface area contributed by atoms with Crippen LogP contribution < -0.4 is 10.1 Å². The third-order valence-corrected chi connectivity index (χ3v) is 4.69. The Labute approximate surface area is 153 Å². The second kappa shape index (κ2) is 9.36. The molecule has 5 nitrogen and oxygen atoms in total. The summed E-state index contributed by atoms with van der Waals surface area (Å²) >= 11 is 0. The van der Waals surface area contributed by atoms with Crippen LogP contribution in [0.4, 0.5) is 4.39 Å². The van der Waals surface area contributed by atoms with E-state index in [9.17, 15) is 14.0 Å². The van der Waals surface area contributed by atoms with Crippen LogP contribution in [0.15, 0.2) is 24.3 Å². The van der Waals surface area contributed by atoms with Gasteiger partial charge >= 0.3 is 5.97 Å². The van der Waals surface area contributed by atoms with Crippen LogP contribution in [0.2, 0.25) is 0 Å². The van der Waals surface area contributed by atoms with Crippen LogP contribution in [-0.4, -0.2) is 31.1 Å². The van der Waals surface area contributed by atoms with Crippen molar-refractivity contribution in [1.82, 2.24) is 5.32 Å². The summed E-state index contributed by atoms with van der Waals surface area (Å²) in [7, 11) is 1.38. The molecule has 0 unspecified atom stereocenters. The maximum atomic E-state index is 13.6. The molecule has 1 aromatic rings. The predicted molar refractivity (Wildman–Crippen MR) is 97.1 cm³/mol. The highest BCUT2D eigenvalue weighted by molar-refractivity contribution is 5.90. The monoisotopic (exact) mass is 363 g/mol. The first-order chi connectivity index (χ1) is 12.4. The molecule has 1 saturated carbocycles. The lowest BCUT2D eigenvalue weighted by Crippen LogP contribution is -2.45. The van der Waals surface area contributed by atoms with E-state index in [1.807, 2.05) is 0 Å². The largest absolute Gasteiger partial charge is 0.494 e. The molecule has 1 N–H and O–H groups in total. The molecule has 1 aromatic carbocycles. The Kier molecular flexibility index (Phi) is 7.18. The van der Waals surface area contributed by atoms with E-state index in [0.717, 1.165) is 19.3 Å². The molecule has 0 radical (unpaired) electrons. The fourth-order valence-electron chi connectivity index (χ4n) is 3.05. The molecular weight excluding hydrogens is 337 g/mol. The van der Waals surface area contributed by atoms with Gasteiger partial charge in [0.1, 0.15) is 0 Å². The van der Waals surface area contributed by atoms with Crippen molar-refractivity contribution >= 4 is 18.0 Å². The molecule has 0 aromatic heterocycles. The van der Waals surface area contributed by atoms with Gasteiger partial charge in [0.2, 0.25) is 0 Å². The number of halogens is 1. The number of methoxy groups -OCH3 is 1. The lowest BCUT2D eigenvalue weighted by molar-refractivity contribution is -0.150. The SMILES string of the molecule is COc1ccc(/C=C/C(=O)O[C@H](C)C(=O)N[C@@H]2CCCC[C@H]2C)cc1F. The zero-order chi connectivity index (χ0) is 19.1. The normalized spacial score (nSPS) is 21.2. The van der Waals surface area contributed by atoms with Crippen molar-refractivity contribution < 1.29 is 23.5 Å². The summed E-state index contributed by atoms with van der Waals surface area (Å²) in [5, 5.41) is 2.96. The molecule has 1 aliphatic rings. The number of rotatable bonds is 6. The summed E-state index contributed by atoms with van der Waals surface area (Å²) < 4.78 is 23.6. The standard InChI is InChI=1S/C20H26FNO4/c1-13-6-4-5-7-17(13)22-20(24)14(2)26-19(23)11-9-15-8-10-18(25-3)16(21)12-15/h8-14,17H,4-7H2,1-3H3,(H,22,24)/b11-9+/t13-,14-,17-/m1/s1. The number of esters is 1. The maximum absolute atomic E-state index is 13.6. The second-order valence-electron chi connectivity index (χ2n) is 6.68. The molecule has 0 aliphatic heterocycles. The number of carbonyl (C=O) groups is 2. The number of carbonyl (C=O) groups excluding carboxylic acids is 2. The number of hydrogen-bond donors (Lipinski definition) is 1. The second-order valence-corrected chi connectivity index (χ2v) is 6.68. The number of ether oxygens (including phenoxy) is 2. The van der Waals surface area contributed by atoms with Gasteiger partial charge in [0.05, 0.1) is 7.11 Å². The third kappa shape index (κ3) is 5.58. The topological polar surface area (TPSA) is 64.6 Å². The fourth-order valence-corrected chi connectivity index (χ4v) is 3.05. The Hall–Kier alpha value is -2.37. The van der Waals surface area contributed by atoms with Crippen molar-refractivity contribution in [3.05, 3.63) is 35.7 Å². The molecule has 3 atom stereocenters. The van der Waals surface area contributed by atoms with Crippen LogP contribution in [-0.2, 0) is 14.3 Å². The van der Waals surface area contributed by atoms with Gasteiger partial charge in [-0.05, 0) is 49.5 Å². The van der Waals surface area contributed by atoms with Gasteiger partial charge in [-0.3, -0.25) is 4.79 Å². The van der Waals surface area contributed by atoms with Crippen LogP contribution in [0.5, 0.6) is 5.75 Å². The summed E-state index contributed by atoms with van der Waals surface area (Å²) in [5.74, 6) is -0.897. The molecule has 0 saturated heterocycles. The van der Waals surface area contributed by atoms with Gasteiger partial charge in [-0.1, -0.05) is 25.8 Å². The predicted octanol–water partition coefficient (Wildman–Crippen LogP) is 3.47. The van der Waals surface area contributed by atoms with Crippen molar-refractivity contribution in [2.75, 3.05) is 7.11 Å². The van der Waals surface area contributed by atoms with Crippen molar-refractivity contribution in [2.24, 2.45) is 5.92 Å². The van der Waals surface area contributed by atoms with Crippen LogP contribution in [0, 0.1) is 11.7 Å². The van der Waals surface area contributed by atoms with E-state index >= 15 is 0 Å². The molecule has 0 spiro atoms. The average molecular weight is 363 g/mol. The minimum absolute atomic E-state index is 0.131. The smallest absolute Gasteiger partial charge is 0.331 e. The third-order valence-electron chi connectivity index (χ3n) is 4.69. The van der Waals surface area contributed by atoms with Crippen LogP contribution >= 0.6 is 0 Å².